The lowest BCUT2D eigenvalue weighted by atomic mass is 10.3. The smallest absolute Gasteiger partial charge is 0.232 e. The molecule has 0 atom stereocenters. The fourth-order valence-electron chi connectivity index (χ4n) is 1.03. The topological polar surface area (TPSA) is 22.1 Å². The van der Waals surface area contributed by atoms with Crippen LogP contribution in [0.25, 0.3) is 0 Å². The zero-order valence-corrected chi connectivity index (χ0v) is 10.4. The average Bonchev–Trinajstić information content (AvgIpc) is 2.15. The molecule has 1 aromatic heterocycles. The molecular weight excluding hydrogens is 265 g/mol. The number of aromatic nitrogens is 1. The number of nitrogens with zero attached hydrogens (tertiary/aromatic N) is 1. The van der Waals surface area contributed by atoms with Gasteiger partial charge in [0, 0.05) is 10.7 Å². The van der Waals surface area contributed by atoms with Crippen molar-refractivity contribution < 1.29 is 4.74 Å². The minimum atomic E-state index is 0.519. The summed E-state index contributed by atoms with van der Waals surface area (Å²) < 4.78 is 6.29. The summed E-state index contributed by atoms with van der Waals surface area (Å²) in [6.07, 6.45) is 5.09. The summed E-state index contributed by atoms with van der Waals surface area (Å²) in [5.41, 5.74) is 0. The third-order valence-corrected chi connectivity index (χ3v) is 2.47. The summed E-state index contributed by atoms with van der Waals surface area (Å²) in [6, 6.07) is 1.78. The van der Waals surface area contributed by atoms with Gasteiger partial charge in [0.05, 0.1) is 6.61 Å². The molecule has 0 amide bonds. The number of halogens is 2. The van der Waals surface area contributed by atoms with Crippen LogP contribution in [0.1, 0.15) is 26.2 Å². The van der Waals surface area contributed by atoms with E-state index in [1.165, 1.54) is 12.8 Å². The van der Waals surface area contributed by atoms with Gasteiger partial charge >= 0.3 is 0 Å². The van der Waals surface area contributed by atoms with E-state index in [0.29, 0.717) is 17.5 Å². The van der Waals surface area contributed by atoms with E-state index in [0.717, 1.165) is 10.9 Å². The van der Waals surface area contributed by atoms with E-state index in [1.807, 2.05) is 0 Å². The number of hydrogen-bond donors (Lipinski definition) is 0. The van der Waals surface area contributed by atoms with E-state index in [2.05, 4.69) is 27.8 Å². The Morgan fingerprint density at radius 2 is 2.29 bits per heavy atom. The summed E-state index contributed by atoms with van der Waals surface area (Å²) in [6.45, 7) is 2.84. The number of ether oxygens (including phenoxy) is 1. The van der Waals surface area contributed by atoms with Crippen molar-refractivity contribution in [1.29, 1.82) is 0 Å². The Balaban J connectivity index is 2.42. The predicted octanol–water partition coefficient (Wildman–Crippen LogP) is 4.07. The molecule has 0 saturated carbocycles. The Morgan fingerprint density at radius 3 is 2.93 bits per heavy atom. The van der Waals surface area contributed by atoms with Crippen LogP contribution in [0.4, 0.5) is 0 Å². The molecule has 4 heteroatoms. The predicted molar refractivity (Wildman–Crippen MR) is 62.0 cm³/mol. The van der Waals surface area contributed by atoms with E-state index < -0.39 is 0 Å². The summed E-state index contributed by atoms with van der Waals surface area (Å²) >= 11 is 9.21. The highest BCUT2D eigenvalue weighted by molar-refractivity contribution is 9.10. The first-order valence-electron chi connectivity index (χ1n) is 4.68. The van der Waals surface area contributed by atoms with Gasteiger partial charge in [-0.25, -0.2) is 4.98 Å². The molecule has 0 aliphatic heterocycles. The van der Waals surface area contributed by atoms with Crippen LogP contribution in [0.3, 0.4) is 0 Å². The van der Waals surface area contributed by atoms with Crippen LogP contribution >= 0.6 is 27.5 Å². The first kappa shape index (κ1) is 11.8. The Bertz CT molecular complexity index is 293. The molecule has 1 rings (SSSR count). The van der Waals surface area contributed by atoms with Crippen molar-refractivity contribution in [2.45, 2.75) is 26.2 Å². The first-order valence-corrected chi connectivity index (χ1v) is 5.85. The molecule has 0 radical (unpaired) electrons. The molecule has 0 spiro atoms. The van der Waals surface area contributed by atoms with Gasteiger partial charge in [-0.3, -0.25) is 0 Å². The minimum Gasteiger partial charge on any atom is -0.477 e. The lowest BCUT2D eigenvalue weighted by molar-refractivity contribution is 0.295. The minimum absolute atomic E-state index is 0.519. The fraction of sp³-hybridized carbons (Fsp3) is 0.500. The second-order valence-corrected chi connectivity index (χ2v) is 4.32. The van der Waals surface area contributed by atoms with Crippen LogP contribution < -0.4 is 4.74 Å². The highest BCUT2D eigenvalue weighted by Crippen LogP contribution is 2.24. The van der Waals surface area contributed by atoms with Crippen molar-refractivity contribution in [3.8, 4) is 5.88 Å². The molecule has 1 aromatic rings. The van der Waals surface area contributed by atoms with E-state index in [4.69, 9.17) is 16.3 Å². The van der Waals surface area contributed by atoms with Crippen LogP contribution in [0.5, 0.6) is 5.88 Å². The molecule has 1 heterocycles. The molecule has 0 bridgehead atoms. The van der Waals surface area contributed by atoms with Gasteiger partial charge in [0.2, 0.25) is 5.88 Å². The summed E-state index contributed by atoms with van der Waals surface area (Å²) in [7, 11) is 0. The van der Waals surface area contributed by atoms with Crippen molar-refractivity contribution in [1.82, 2.24) is 4.98 Å². The lowest BCUT2D eigenvalue weighted by Crippen LogP contribution is -1.99. The molecule has 0 aromatic carbocycles. The molecular formula is C10H13BrClNO. The first-order chi connectivity index (χ1) is 6.74. The average molecular weight is 279 g/mol. The maximum absolute atomic E-state index is 5.92. The molecule has 0 saturated heterocycles. The molecule has 0 unspecified atom stereocenters. The number of unbranched alkanes of at least 4 members (excludes halogenated alkanes) is 2. The van der Waals surface area contributed by atoms with Gasteiger partial charge in [-0.1, -0.05) is 31.4 Å². The van der Waals surface area contributed by atoms with Crippen LogP contribution in [-0.2, 0) is 0 Å². The number of hydrogen-bond acceptors (Lipinski definition) is 2. The normalized spacial score (nSPS) is 10.2. The summed E-state index contributed by atoms with van der Waals surface area (Å²) in [5, 5.41) is 0.552. The van der Waals surface area contributed by atoms with Gasteiger partial charge in [0.1, 0.15) is 5.02 Å². The van der Waals surface area contributed by atoms with Crippen LogP contribution in [0, 0.1) is 0 Å². The van der Waals surface area contributed by atoms with Crippen LogP contribution in [0.15, 0.2) is 16.7 Å². The van der Waals surface area contributed by atoms with E-state index >= 15 is 0 Å². The molecule has 2 nitrogen and oxygen atoms in total. The molecule has 0 N–H and O–H groups in total. The standard InChI is InChI=1S/C10H13BrClNO/c1-2-3-4-5-14-10-9(12)6-8(11)7-13-10/h6-7H,2-5H2,1H3. The van der Waals surface area contributed by atoms with Crippen molar-refractivity contribution in [3.05, 3.63) is 21.8 Å². The van der Waals surface area contributed by atoms with E-state index in [1.54, 1.807) is 12.3 Å². The molecule has 78 valence electrons. The second-order valence-electron chi connectivity index (χ2n) is 3.00. The maximum Gasteiger partial charge on any atom is 0.232 e. The van der Waals surface area contributed by atoms with Gasteiger partial charge in [0.25, 0.3) is 0 Å². The number of rotatable bonds is 5. The van der Waals surface area contributed by atoms with Crippen LogP contribution in [0.2, 0.25) is 5.02 Å². The highest BCUT2D eigenvalue weighted by atomic mass is 79.9. The fourth-order valence-corrected chi connectivity index (χ4v) is 1.71. The second kappa shape index (κ2) is 6.25. The monoisotopic (exact) mass is 277 g/mol. The quantitative estimate of drug-likeness (QED) is 0.758. The van der Waals surface area contributed by atoms with Gasteiger partial charge in [-0.15, -0.1) is 0 Å². The van der Waals surface area contributed by atoms with Crippen molar-refractivity contribution >= 4 is 27.5 Å². The van der Waals surface area contributed by atoms with Gasteiger partial charge < -0.3 is 4.74 Å². The van der Waals surface area contributed by atoms with E-state index in [-0.39, 0.29) is 0 Å². The molecule has 0 aliphatic carbocycles. The number of pyridine rings is 1. The van der Waals surface area contributed by atoms with Gasteiger partial charge in [-0.05, 0) is 28.4 Å². The highest BCUT2D eigenvalue weighted by Gasteiger charge is 2.02. The lowest BCUT2D eigenvalue weighted by Gasteiger charge is -2.06. The van der Waals surface area contributed by atoms with Crippen LogP contribution in [-0.4, -0.2) is 11.6 Å². The van der Waals surface area contributed by atoms with Crippen molar-refractivity contribution in [2.24, 2.45) is 0 Å². The summed E-state index contributed by atoms with van der Waals surface area (Å²) in [4.78, 5) is 4.07. The molecule has 14 heavy (non-hydrogen) atoms. The maximum atomic E-state index is 5.92. The largest absolute Gasteiger partial charge is 0.477 e. The zero-order chi connectivity index (χ0) is 10.4. The Labute approximate surface area is 97.8 Å². The Kier molecular flexibility index (Phi) is 5.26. The van der Waals surface area contributed by atoms with Gasteiger partial charge in [-0.2, -0.15) is 0 Å². The third kappa shape index (κ3) is 3.84. The Morgan fingerprint density at radius 1 is 1.50 bits per heavy atom. The molecule has 0 aliphatic rings. The van der Waals surface area contributed by atoms with Crippen molar-refractivity contribution in [2.75, 3.05) is 6.61 Å². The van der Waals surface area contributed by atoms with Crippen molar-refractivity contribution in [3.63, 3.8) is 0 Å². The SMILES string of the molecule is CCCCCOc1ncc(Br)cc1Cl. The van der Waals surface area contributed by atoms with Gasteiger partial charge in [0.15, 0.2) is 0 Å². The third-order valence-electron chi connectivity index (χ3n) is 1.76. The zero-order valence-electron chi connectivity index (χ0n) is 8.09. The Hall–Kier alpha value is -0.280. The van der Waals surface area contributed by atoms with E-state index in [9.17, 15) is 0 Å². The summed E-state index contributed by atoms with van der Waals surface area (Å²) in [5.74, 6) is 0.519. The molecule has 0 fully saturated rings.